The lowest BCUT2D eigenvalue weighted by molar-refractivity contribution is 0.000540. The van der Waals surface area contributed by atoms with E-state index in [0.717, 1.165) is 12.1 Å². The molecule has 150 valence electrons. The molecule has 0 aliphatic carbocycles. The molecule has 0 radical (unpaired) electrons. The Morgan fingerprint density at radius 2 is 1.52 bits per heavy atom. The minimum absolute atomic E-state index is 0.0228. The van der Waals surface area contributed by atoms with Crippen LogP contribution in [-0.2, 0) is 14.0 Å². The standard InChI is InChI=1S/C20H28BF3O3/c1-18(2,3)25-12-11-13(16-14(22)9-8-10-15(16)23)17(24)21-26-19(4,5)20(6,7)27-21/h8-10H,11-12H2,1-7H3. The van der Waals surface area contributed by atoms with Gasteiger partial charge in [0.1, 0.15) is 17.4 Å². The molecular formula is C20H28BF3O3. The van der Waals surface area contributed by atoms with E-state index < -0.39 is 46.8 Å². The molecule has 1 saturated heterocycles. The van der Waals surface area contributed by atoms with E-state index in [-0.39, 0.29) is 18.6 Å². The normalized spacial score (nSPS) is 20.0. The fraction of sp³-hybridized carbons (Fsp3) is 0.600. The van der Waals surface area contributed by atoms with Crippen LogP contribution in [0.3, 0.4) is 0 Å². The van der Waals surface area contributed by atoms with E-state index in [9.17, 15) is 8.78 Å². The van der Waals surface area contributed by atoms with Crippen molar-refractivity contribution in [3.8, 4) is 0 Å². The van der Waals surface area contributed by atoms with Gasteiger partial charge in [-0.1, -0.05) is 6.07 Å². The summed E-state index contributed by atoms with van der Waals surface area (Å²) in [6.45, 7) is 12.8. The predicted molar refractivity (Wildman–Crippen MR) is 101 cm³/mol. The van der Waals surface area contributed by atoms with E-state index in [1.165, 1.54) is 6.07 Å². The van der Waals surface area contributed by atoms with E-state index >= 15 is 4.39 Å². The van der Waals surface area contributed by atoms with Gasteiger partial charge in [0.2, 0.25) is 0 Å². The van der Waals surface area contributed by atoms with Gasteiger partial charge >= 0.3 is 7.12 Å². The Labute approximate surface area is 160 Å². The maximum atomic E-state index is 15.4. The summed E-state index contributed by atoms with van der Waals surface area (Å²) in [5.41, 5.74) is -3.39. The molecule has 1 aliphatic heterocycles. The minimum atomic E-state index is -1.33. The second-order valence-electron chi connectivity index (χ2n) is 8.72. The highest BCUT2D eigenvalue weighted by Crippen LogP contribution is 2.41. The highest BCUT2D eigenvalue weighted by atomic mass is 19.1. The Hall–Kier alpha value is -1.31. The summed E-state index contributed by atoms with van der Waals surface area (Å²) in [4.78, 5) is 0. The van der Waals surface area contributed by atoms with Crippen molar-refractivity contribution in [3.05, 3.63) is 41.1 Å². The van der Waals surface area contributed by atoms with Crippen molar-refractivity contribution in [1.29, 1.82) is 0 Å². The molecule has 7 heteroatoms. The summed E-state index contributed by atoms with van der Waals surface area (Å²) in [5.74, 6) is -1.68. The van der Waals surface area contributed by atoms with Crippen LogP contribution in [0.1, 0.15) is 60.5 Å². The van der Waals surface area contributed by atoms with E-state index in [1.54, 1.807) is 27.7 Å². The Balaban J connectivity index is 2.44. The summed E-state index contributed by atoms with van der Waals surface area (Å²) in [7, 11) is -1.33. The van der Waals surface area contributed by atoms with Gasteiger partial charge in [-0.2, -0.15) is 0 Å². The van der Waals surface area contributed by atoms with Gasteiger partial charge in [-0.25, -0.2) is 13.2 Å². The fourth-order valence-electron chi connectivity index (χ4n) is 2.70. The molecule has 0 bridgehead atoms. The summed E-state index contributed by atoms with van der Waals surface area (Å²) < 4.78 is 61.1. The summed E-state index contributed by atoms with van der Waals surface area (Å²) in [6.07, 6.45) is -0.0228. The molecule has 0 amide bonds. The van der Waals surface area contributed by atoms with Crippen molar-refractivity contribution in [1.82, 2.24) is 0 Å². The first-order valence-electron chi connectivity index (χ1n) is 9.08. The molecule has 0 N–H and O–H groups in total. The molecule has 1 fully saturated rings. The Morgan fingerprint density at radius 3 is 1.96 bits per heavy atom. The molecular weight excluding hydrogens is 356 g/mol. The van der Waals surface area contributed by atoms with Crippen molar-refractivity contribution in [2.45, 2.75) is 71.7 Å². The van der Waals surface area contributed by atoms with Crippen molar-refractivity contribution in [2.24, 2.45) is 0 Å². The first-order valence-corrected chi connectivity index (χ1v) is 9.08. The molecule has 1 aromatic carbocycles. The van der Waals surface area contributed by atoms with Crippen molar-refractivity contribution >= 4 is 12.7 Å². The number of rotatable bonds is 5. The predicted octanol–water partition coefficient (Wildman–Crippen LogP) is 5.48. The average molecular weight is 384 g/mol. The van der Waals surface area contributed by atoms with Gasteiger partial charge in [0.15, 0.2) is 0 Å². The molecule has 0 aromatic heterocycles. The Morgan fingerprint density at radius 1 is 1.04 bits per heavy atom. The maximum absolute atomic E-state index is 15.4. The van der Waals surface area contributed by atoms with Crippen LogP contribution in [0, 0.1) is 11.6 Å². The molecule has 1 aromatic rings. The van der Waals surface area contributed by atoms with E-state index in [0.29, 0.717) is 0 Å². The third-order valence-corrected chi connectivity index (χ3v) is 4.90. The van der Waals surface area contributed by atoms with Gasteiger partial charge in [0.25, 0.3) is 0 Å². The van der Waals surface area contributed by atoms with Crippen LogP contribution in [0.4, 0.5) is 13.2 Å². The highest BCUT2D eigenvalue weighted by molar-refractivity contribution is 6.55. The molecule has 27 heavy (non-hydrogen) atoms. The van der Waals surface area contributed by atoms with Crippen molar-refractivity contribution in [2.75, 3.05) is 6.61 Å². The Kier molecular flexibility index (Phi) is 6.19. The lowest BCUT2D eigenvalue weighted by Crippen LogP contribution is -2.41. The lowest BCUT2D eigenvalue weighted by Gasteiger charge is -2.32. The van der Waals surface area contributed by atoms with Crippen LogP contribution in [-0.4, -0.2) is 30.5 Å². The number of hydrogen-bond donors (Lipinski definition) is 0. The average Bonchev–Trinajstić information content (AvgIpc) is 2.72. The van der Waals surface area contributed by atoms with Crippen LogP contribution < -0.4 is 0 Å². The first-order chi connectivity index (χ1) is 12.3. The number of ether oxygens (including phenoxy) is 1. The first kappa shape index (κ1) is 22.0. The molecule has 0 saturated carbocycles. The van der Waals surface area contributed by atoms with Gasteiger partial charge < -0.3 is 14.0 Å². The highest BCUT2D eigenvalue weighted by Gasteiger charge is 2.53. The third-order valence-electron chi connectivity index (χ3n) is 4.90. The zero-order chi connectivity index (χ0) is 20.6. The number of benzene rings is 1. The fourth-order valence-corrected chi connectivity index (χ4v) is 2.70. The van der Waals surface area contributed by atoms with Crippen LogP contribution >= 0.6 is 0 Å². The maximum Gasteiger partial charge on any atom is 0.525 e. The van der Waals surface area contributed by atoms with Crippen molar-refractivity contribution in [3.63, 3.8) is 0 Å². The van der Waals surface area contributed by atoms with Gasteiger partial charge in [0.05, 0.1) is 29.0 Å². The van der Waals surface area contributed by atoms with Gasteiger partial charge in [-0.3, -0.25) is 0 Å². The second kappa shape index (κ2) is 7.61. The van der Waals surface area contributed by atoms with Crippen molar-refractivity contribution < 1.29 is 27.2 Å². The SMILES string of the molecule is CC(C)(C)OCCC(=C(F)B1OC(C)(C)C(C)(C)O1)c1c(F)cccc1F. The molecule has 0 atom stereocenters. The van der Waals surface area contributed by atoms with Gasteiger partial charge in [-0.05, 0) is 72.6 Å². The smallest absolute Gasteiger partial charge is 0.398 e. The zero-order valence-corrected chi connectivity index (χ0v) is 17.1. The van der Waals surface area contributed by atoms with Gasteiger partial charge in [0, 0.05) is 0 Å². The number of halogens is 3. The molecule has 2 rings (SSSR count). The third kappa shape index (κ3) is 4.95. The summed E-state index contributed by atoms with van der Waals surface area (Å²) in [5, 5.41) is 0. The van der Waals surface area contributed by atoms with E-state index in [4.69, 9.17) is 14.0 Å². The van der Waals surface area contributed by atoms with E-state index in [2.05, 4.69) is 0 Å². The Bertz CT molecular complexity index is 687. The monoisotopic (exact) mass is 384 g/mol. The number of hydrogen-bond acceptors (Lipinski definition) is 3. The van der Waals surface area contributed by atoms with Gasteiger partial charge in [-0.15, -0.1) is 0 Å². The minimum Gasteiger partial charge on any atom is -0.398 e. The van der Waals surface area contributed by atoms with Crippen LogP contribution in [0.5, 0.6) is 0 Å². The van der Waals surface area contributed by atoms with Crippen LogP contribution in [0.2, 0.25) is 0 Å². The topological polar surface area (TPSA) is 27.7 Å². The summed E-state index contributed by atoms with van der Waals surface area (Å²) in [6, 6.07) is 3.44. The van der Waals surface area contributed by atoms with Crippen LogP contribution in [0.25, 0.3) is 5.57 Å². The van der Waals surface area contributed by atoms with Crippen LogP contribution in [0.15, 0.2) is 23.9 Å². The quantitative estimate of drug-likeness (QED) is 0.629. The molecule has 1 aliphatic rings. The lowest BCUT2D eigenvalue weighted by atomic mass is 9.81. The molecule has 1 heterocycles. The van der Waals surface area contributed by atoms with E-state index in [1.807, 2.05) is 20.8 Å². The zero-order valence-electron chi connectivity index (χ0n) is 17.1. The molecule has 3 nitrogen and oxygen atoms in total. The second-order valence-corrected chi connectivity index (χ2v) is 8.72. The largest absolute Gasteiger partial charge is 0.525 e. The molecule has 0 unspecified atom stereocenters. The summed E-state index contributed by atoms with van der Waals surface area (Å²) >= 11 is 0. The molecule has 0 spiro atoms.